The van der Waals surface area contributed by atoms with Crippen molar-refractivity contribution in [2.24, 2.45) is 0 Å². The number of rotatable bonds is 5. The Kier molecular flexibility index (Phi) is 4.83. The van der Waals surface area contributed by atoms with Crippen LogP contribution in [0.15, 0.2) is 30.3 Å². The van der Waals surface area contributed by atoms with E-state index in [0.29, 0.717) is 12.6 Å². The molecule has 1 fully saturated rings. The van der Waals surface area contributed by atoms with Crippen LogP contribution in [0, 0.1) is 0 Å². The first-order valence-corrected chi connectivity index (χ1v) is 6.53. The Morgan fingerprint density at radius 3 is 2.53 bits per heavy atom. The van der Waals surface area contributed by atoms with Crippen LogP contribution in [0.3, 0.4) is 0 Å². The quantitative estimate of drug-likeness (QED) is 0.817. The summed E-state index contributed by atoms with van der Waals surface area (Å²) in [7, 11) is 0. The summed E-state index contributed by atoms with van der Waals surface area (Å²) in [6.45, 7) is 3.63. The van der Waals surface area contributed by atoms with Crippen LogP contribution in [0.4, 0.5) is 5.69 Å². The highest BCUT2D eigenvalue weighted by Gasteiger charge is 2.18. The maximum atomic E-state index is 8.80. The van der Waals surface area contributed by atoms with E-state index in [-0.39, 0.29) is 0 Å². The zero-order valence-electron chi connectivity index (χ0n) is 10.3. The van der Waals surface area contributed by atoms with Crippen molar-refractivity contribution in [2.45, 2.75) is 25.3 Å². The van der Waals surface area contributed by atoms with Gasteiger partial charge in [-0.3, -0.25) is 0 Å². The molecule has 94 valence electrons. The highest BCUT2D eigenvalue weighted by molar-refractivity contribution is 5.43. The van der Waals surface area contributed by atoms with E-state index in [1.54, 1.807) is 0 Å². The second kappa shape index (κ2) is 6.62. The molecule has 1 aromatic carbocycles. The first-order chi connectivity index (χ1) is 8.38. The summed E-state index contributed by atoms with van der Waals surface area (Å²) in [5, 5.41) is 12.4. The molecular formula is C14H22N2O. The molecule has 3 nitrogen and oxygen atoms in total. The maximum absolute atomic E-state index is 8.80. The summed E-state index contributed by atoms with van der Waals surface area (Å²) in [6, 6.07) is 11.0. The van der Waals surface area contributed by atoms with E-state index in [4.69, 9.17) is 5.11 Å². The molecule has 0 radical (unpaired) electrons. The third-order valence-electron chi connectivity index (χ3n) is 3.36. The summed E-state index contributed by atoms with van der Waals surface area (Å²) in [6.07, 6.45) is 3.29. The van der Waals surface area contributed by atoms with Crippen LogP contribution in [0.25, 0.3) is 0 Å². The van der Waals surface area contributed by atoms with Gasteiger partial charge < -0.3 is 15.3 Å². The fraction of sp³-hybridized carbons (Fsp3) is 0.571. The number of anilines is 1. The van der Waals surface area contributed by atoms with Gasteiger partial charge in [0.25, 0.3) is 0 Å². The fourth-order valence-corrected chi connectivity index (χ4v) is 2.37. The second-order valence-electron chi connectivity index (χ2n) is 4.70. The fourth-order valence-electron chi connectivity index (χ4n) is 2.37. The lowest BCUT2D eigenvalue weighted by Gasteiger charge is -2.32. The van der Waals surface area contributed by atoms with E-state index in [0.717, 1.165) is 26.1 Å². The van der Waals surface area contributed by atoms with Crippen LogP contribution < -0.4 is 5.32 Å². The second-order valence-corrected chi connectivity index (χ2v) is 4.70. The number of nitrogens with one attached hydrogen (secondary N) is 1. The predicted octanol–water partition coefficient (Wildman–Crippen LogP) is 1.95. The lowest BCUT2D eigenvalue weighted by Crippen LogP contribution is -2.39. The van der Waals surface area contributed by atoms with E-state index in [1.807, 2.05) is 6.07 Å². The van der Waals surface area contributed by atoms with E-state index in [9.17, 15) is 0 Å². The third-order valence-corrected chi connectivity index (χ3v) is 3.36. The largest absolute Gasteiger partial charge is 0.396 e. The summed E-state index contributed by atoms with van der Waals surface area (Å²) in [5.41, 5.74) is 1.22. The number of benzene rings is 1. The SMILES string of the molecule is OCCCN1CCC(Nc2ccccc2)CC1. The van der Waals surface area contributed by atoms with Crippen LogP contribution in [0.2, 0.25) is 0 Å². The summed E-state index contributed by atoms with van der Waals surface area (Å²) >= 11 is 0. The zero-order valence-corrected chi connectivity index (χ0v) is 10.3. The predicted molar refractivity (Wildman–Crippen MR) is 71.2 cm³/mol. The van der Waals surface area contributed by atoms with Crippen LogP contribution >= 0.6 is 0 Å². The topological polar surface area (TPSA) is 35.5 Å². The maximum Gasteiger partial charge on any atom is 0.0443 e. The van der Waals surface area contributed by atoms with Gasteiger partial charge in [-0.15, -0.1) is 0 Å². The Bertz CT molecular complexity index is 307. The molecule has 1 saturated heterocycles. The number of para-hydroxylation sites is 1. The summed E-state index contributed by atoms with van der Waals surface area (Å²) in [4.78, 5) is 2.44. The number of hydrogen-bond acceptors (Lipinski definition) is 3. The Hall–Kier alpha value is -1.06. The Balaban J connectivity index is 1.72. The van der Waals surface area contributed by atoms with Gasteiger partial charge in [-0.05, 0) is 31.4 Å². The van der Waals surface area contributed by atoms with Gasteiger partial charge in [-0.2, -0.15) is 0 Å². The molecule has 0 bridgehead atoms. The highest BCUT2D eigenvalue weighted by Crippen LogP contribution is 2.16. The molecule has 1 heterocycles. The molecule has 0 aliphatic carbocycles. The molecule has 0 unspecified atom stereocenters. The number of hydrogen-bond donors (Lipinski definition) is 2. The average Bonchev–Trinajstić information content (AvgIpc) is 2.39. The van der Waals surface area contributed by atoms with Crippen molar-refractivity contribution in [3.8, 4) is 0 Å². The molecule has 3 heteroatoms. The standard InChI is InChI=1S/C14H22N2O/c17-12-4-9-16-10-7-14(8-11-16)15-13-5-2-1-3-6-13/h1-3,5-6,14-15,17H,4,7-12H2. The van der Waals surface area contributed by atoms with Gasteiger partial charge in [-0.25, -0.2) is 0 Å². The van der Waals surface area contributed by atoms with Crippen molar-refractivity contribution in [3.63, 3.8) is 0 Å². The summed E-state index contributed by atoms with van der Waals surface area (Å²) < 4.78 is 0. The number of aliphatic hydroxyl groups is 1. The van der Waals surface area contributed by atoms with Crippen LogP contribution in [-0.2, 0) is 0 Å². The molecule has 0 aromatic heterocycles. The molecule has 17 heavy (non-hydrogen) atoms. The average molecular weight is 234 g/mol. The van der Waals surface area contributed by atoms with Gasteiger partial charge in [0.2, 0.25) is 0 Å². The normalized spacial score (nSPS) is 18.2. The lowest BCUT2D eigenvalue weighted by molar-refractivity contribution is 0.192. The van der Waals surface area contributed by atoms with Crippen LogP contribution in [-0.4, -0.2) is 42.3 Å². The number of aliphatic hydroxyl groups excluding tert-OH is 1. The monoisotopic (exact) mass is 234 g/mol. The van der Waals surface area contributed by atoms with Crippen LogP contribution in [0.1, 0.15) is 19.3 Å². The minimum absolute atomic E-state index is 0.308. The molecule has 0 saturated carbocycles. The van der Waals surface area contributed by atoms with Crippen molar-refractivity contribution in [2.75, 3.05) is 31.6 Å². The molecule has 1 aliphatic heterocycles. The van der Waals surface area contributed by atoms with Gasteiger partial charge in [0, 0.05) is 38.0 Å². The van der Waals surface area contributed by atoms with E-state index < -0.39 is 0 Å². The van der Waals surface area contributed by atoms with Crippen molar-refractivity contribution < 1.29 is 5.11 Å². The van der Waals surface area contributed by atoms with E-state index in [2.05, 4.69) is 34.5 Å². The smallest absolute Gasteiger partial charge is 0.0443 e. The number of likely N-dealkylation sites (tertiary alicyclic amines) is 1. The minimum atomic E-state index is 0.308. The van der Waals surface area contributed by atoms with Gasteiger partial charge in [0.15, 0.2) is 0 Å². The van der Waals surface area contributed by atoms with Gasteiger partial charge >= 0.3 is 0 Å². The van der Waals surface area contributed by atoms with Crippen molar-refractivity contribution >= 4 is 5.69 Å². The molecule has 1 aromatic rings. The van der Waals surface area contributed by atoms with E-state index in [1.165, 1.54) is 18.5 Å². The highest BCUT2D eigenvalue weighted by atomic mass is 16.3. The van der Waals surface area contributed by atoms with Gasteiger partial charge in [0.1, 0.15) is 0 Å². The molecule has 1 aliphatic rings. The molecule has 0 atom stereocenters. The van der Waals surface area contributed by atoms with Crippen molar-refractivity contribution in [1.29, 1.82) is 0 Å². The minimum Gasteiger partial charge on any atom is -0.396 e. The zero-order chi connectivity index (χ0) is 11.9. The van der Waals surface area contributed by atoms with Gasteiger partial charge in [-0.1, -0.05) is 18.2 Å². The molecule has 2 rings (SSSR count). The van der Waals surface area contributed by atoms with Gasteiger partial charge in [0.05, 0.1) is 0 Å². The third kappa shape index (κ3) is 4.02. The Morgan fingerprint density at radius 1 is 1.18 bits per heavy atom. The first kappa shape index (κ1) is 12.4. The molecule has 2 N–H and O–H groups in total. The van der Waals surface area contributed by atoms with Crippen LogP contribution in [0.5, 0.6) is 0 Å². The van der Waals surface area contributed by atoms with E-state index >= 15 is 0 Å². The van der Waals surface area contributed by atoms with Crippen molar-refractivity contribution in [3.05, 3.63) is 30.3 Å². The lowest BCUT2D eigenvalue weighted by atomic mass is 10.0. The molecule has 0 spiro atoms. The number of piperidine rings is 1. The Labute approximate surface area is 103 Å². The summed E-state index contributed by atoms with van der Waals surface area (Å²) in [5.74, 6) is 0. The molecule has 0 amide bonds. The first-order valence-electron chi connectivity index (χ1n) is 6.53. The molecular weight excluding hydrogens is 212 g/mol. The number of nitrogens with zero attached hydrogens (tertiary/aromatic N) is 1. The van der Waals surface area contributed by atoms with Crippen molar-refractivity contribution in [1.82, 2.24) is 4.90 Å². The Morgan fingerprint density at radius 2 is 1.88 bits per heavy atom.